The van der Waals surface area contributed by atoms with Gasteiger partial charge in [0.25, 0.3) is 11.6 Å². The van der Waals surface area contributed by atoms with E-state index in [2.05, 4.69) is 10.4 Å². The molecule has 2 aromatic carbocycles. The lowest BCUT2D eigenvalue weighted by Crippen LogP contribution is -2.47. The Bertz CT molecular complexity index is 1150. The summed E-state index contributed by atoms with van der Waals surface area (Å²) in [7, 11) is 0. The van der Waals surface area contributed by atoms with Crippen molar-refractivity contribution in [2.45, 2.75) is 38.1 Å². The van der Waals surface area contributed by atoms with Crippen LogP contribution in [0.2, 0.25) is 0 Å². The number of rotatable bonds is 7. The van der Waals surface area contributed by atoms with Gasteiger partial charge in [0, 0.05) is 37.5 Å². The van der Waals surface area contributed by atoms with Crippen molar-refractivity contribution in [3.8, 4) is 5.69 Å². The molecular weight excluding hydrogens is 434 g/mol. The average Bonchev–Trinajstić information content (AvgIpc) is 3.36. The molecule has 0 radical (unpaired) electrons. The normalized spacial score (nSPS) is 15.0. The Labute approximate surface area is 197 Å². The van der Waals surface area contributed by atoms with Crippen LogP contribution in [0.15, 0.2) is 67.0 Å². The van der Waals surface area contributed by atoms with E-state index in [1.165, 1.54) is 23.0 Å². The lowest BCUT2D eigenvalue weighted by atomic mass is 9.93. The van der Waals surface area contributed by atoms with Gasteiger partial charge in [0.05, 0.1) is 28.3 Å². The summed E-state index contributed by atoms with van der Waals surface area (Å²) in [5.74, 6) is -0.228. The highest BCUT2D eigenvalue weighted by Gasteiger charge is 2.29. The molecule has 0 saturated carbocycles. The molecular formula is C25H27N5O4. The molecule has 1 saturated heterocycles. The monoisotopic (exact) mass is 461 g/mol. The van der Waals surface area contributed by atoms with Crippen molar-refractivity contribution in [2.75, 3.05) is 13.1 Å². The SMILES string of the molecule is CCC(C(=O)N1CCC(NC(=O)c2cnn(-c3ccc([N+](=O)[O-])cc3)c2)CC1)c1ccccc1. The van der Waals surface area contributed by atoms with Crippen LogP contribution in [0.25, 0.3) is 5.69 Å². The molecule has 4 rings (SSSR count). The molecule has 176 valence electrons. The topological polar surface area (TPSA) is 110 Å². The number of hydrogen-bond acceptors (Lipinski definition) is 5. The van der Waals surface area contributed by atoms with Crippen LogP contribution >= 0.6 is 0 Å². The lowest BCUT2D eigenvalue weighted by molar-refractivity contribution is -0.384. The largest absolute Gasteiger partial charge is 0.349 e. The van der Waals surface area contributed by atoms with E-state index >= 15 is 0 Å². The number of nitrogens with zero attached hydrogens (tertiary/aromatic N) is 4. The quantitative estimate of drug-likeness (QED) is 0.426. The molecule has 1 atom stereocenters. The fraction of sp³-hybridized carbons (Fsp3) is 0.320. The van der Waals surface area contributed by atoms with Crippen LogP contribution in [0.1, 0.15) is 48.0 Å². The van der Waals surface area contributed by atoms with Crippen molar-refractivity contribution in [1.82, 2.24) is 20.0 Å². The van der Waals surface area contributed by atoms with Gasteiger partial charge in [-0.2, -0.15) is 5.10 Å². The number of carbonyl (C=O) groups is 2. The van der Waals surface area contributed by atoms with Crippen LogP contribution < -0.4 is 5.32 Å². The summed E-state index contributed by atoms with van der Waals surface area (Å²) in [5.41, 5.74) is 2.07. The first kappa shape index (κ1) is 23.2. The van der Waals surface area contributed by atoms with Crippen LogP contribution in [0.5, 0.6) is 0 Å². The van der Waals surface area contributed by atoms with Crippen molar-refractivity contribution >= 4 is 17.5 Å². The van der Waals surface area contributed by atoms with Crippen molar-refractivity contribution in [3.63, 3.8) is 0 Å². The fourth-order valence-electron chi connectivity index (χ4n) is 4.28. The number of nitro groups is 1. The lowest BCUT2D eigenvalue weighted by Gasteiger charge is -2.34. The molecule has 1 aliphatic rings. The summed E-state index contributed by atoms with van der Waals surface area (Å²) >= 11 is 0. The summed E-state index contributed by atoms with van der Waals surface area (Å²) in [5, 5.41) is 18.1. The van der Waals surface area contributed by atoms with E-state index in [9.17, 15) is 19.7 Å². The Morgan fingerprint density at radius 2 is 1.79 bits per heavy atom. The van der Waals surface area contributed by atoms with Crippen LogP contribution in [-0.2, 0) is 4.79 Å². The smallest absolute Gasteiger partial charge is 0.269 e. The standard InChI is InChI=1S/C25H27N5O4/c1-2-23(18-6-4-3-5-7-18)25(32)28-14-12-20(13-15-28)27-24(31)19-16-26-29(17-19)21-8-10-22(11-9-21)30(33)34/h3-11,16-17,20,23H,2,12-15H2,1H3,(H,27,31). The maximum absolute atomic E-state index is 13.1. The van der Waals surface area contributed by atoms with Gasteiger partial charge in [-0.25, -0.2) is 4.68 Å². The van der Waals surface area contributed by atoms with E-state index in [-0.39, 0.29) is 29.5 Å². The molecule has 1 aromatic heterocycles. The van der Waals surface area contributed by atoms with E-state index < -0.39 is 4.92 Å². The Balaban J connectivity index is 1.32. The molecule has 2 heterocycles. The molecule has 1 unspecified atom stereocenters. The van der Waals surface area contributed by atoms with Gasteiger partial charge in [-0.3, -0.25) is 19.7 Å². The number of aromatic nitrogens is 2. The van der Waals surface area contributed by atoms with Crippen molar-refractivity contribution in [2.24, 2.45) is 0 Å². The third-order valence-corrected chi connectivity index (χ3v) is 6.22. The summed E-state index contributed by atoms with van der Waals surface area (Å²) in [4.78, 5) is 38.0. The number of nitrogens with one attached hydrogen (secondary N) is 1. The molecule has 0 aliphatic carbocycles. The molecule has 2 amide bonds. The number of benzene rings is 2. The van der Waals surface area contributed by atoms with Gasteiger partial charge in [0.15, 0.2) is 0 Å². The van der Waals surface area contributed by atoms with Gasteiger partial charge in [-0.15, -0.1) is 0 Å². The number of likely N-dealkylation sites (tertiary alicyclic amines) is 1. The van der Waals surface area contributed by atoms with Gasteiger partial charge in [-0.05, 0) is 37.0 Å². The minimum atomic E-state index is -0.464. The predicted octanol–water partition coefficient (Wildman–Crippen LogP) is 3.70. The van der Waals surface area contributed by atoms with Gasteiger partial charge in [-0.1, -0.05) is 37.3 Å². The number of piperidine rings is 1. The second-order valence-corrected chi connectivity index (χ2v) is 8.39. The third-order valence-electron chi connectivity index (χ3n) is 6.22. The summed E-state index contributed by atoms with van der Waals surface area (Å²) in [6.45, 7) is 3.24. The van der Waals surface area contributed by atoms with Gasteiger partial charge >= 0.3 is 0 Å². The zero-order valence-electron chi connectivity index (χ0n) is 19.0. The van der Waals surface area contributed by atoms with Crippen molar-refractivity contribution < 1.29 is 14.5 Å². The Kier molecular flexibility index (Phi) is 7.01. The number of carbonyl (C=O) groups excluding carboxylic acids is 2. The van der Waals surface area contributed by atoms with E-state index in [4.69, 9.17) is 0 Å². The fourth-order valence-corrected chi connectivity index (χ4v) is 4.28. The van der Waals surface area contributed by atoms with E-state index in [1.54, 1.807) is 18.3 Å². The number of non-ortho nitro benzene ring substituents is 1. The summed E-state index contributed by atoms with van der Waals surface area (Å²) in [6, 6.07) is 15.8. The third kappa shape index (κ3) is 5.14. The van der Waals surface area contributed by atoms with Gasteiger partial charge < -0.3 is 10.2 Å². The molecule has 34 heavy (non-hydrogen) atoms. The second kappa shape index (κ2) is 10.3. The highest BCUT2D eigenvalue weighted by molar-refractivity contribution is 5.94. The molecule has 9 nitrogen and oxygen atoms in total. The Hall–Kier alpha value is -4.01. The van der Waals surface area contributed by atoms with Crippen LogP contribution in [0, 0.1) is 10.1 Å². The maximum Gasteiger partial charge on any atom is 0.269 e. The number of hydrogen-bond donors (Lipinski definition) is 1. The first-order valence-corrected chi connectivity index (χ1v) is 11.4. The van der Waals surface area contributed by atoms with Gasteiger partial charge in [0.2, 0.25) is 5.91 Å². The minimum absolute atomic E-state index is 0.00674. The van der Waals surface area contributed by atoms with E-state index in [1.807, 2.05) is 42.2 Å². The van der Waals surface area contributed by atoms with Crippen molar-refractivity contribution in [3.05, 3.63) is 88.2 Å². The highest BCUT2D eigenvalue weighted by atomic mass is 16.6. The molecule has 1 aliphatic heterocycles. The average molecular weight is 462 g/mol. The minimum Gasteiger partial charge on any atom is -0.349 e. The molecule has 3 aromatic rings. The van der Waals surface area contributed by atoms with Crippen LogP contribution in [0.3, 0.4) is 0 Å². The number of amides is 2. The summed E-state index contributed by atoms with van der Waals surface area (Å²) < 4.78 is 1.51. The first-order chi connectivity index (χ1) is 16.5. The number of nitro benzene ring substituents is 1. The zero-order valence-corrected chi connectivity index (χ0v) is 19.0. The molecule has 0 spiro atoms. The summed E-state index contributed by atoms with van der Waals surface area (Å²) in [6.07, 6.45) is 5.21. The Morgan fingerprint density at radius 3 is 2.41 bits per heavy atom. The highest BCUT2D eigenvalue weighted by Crippen LogP contribution is 2.24. The second-order valence-electron chi connectivity index (χ2n) is 8.39. The molecule has 9 heteroatoms. The first-order valence-electron chi connectivity index (χ1n) is 11.4. The van der Waals surface area contributed by atoms with Crippen molar-refractivity contribution in [1.29, 1.82) is 0 Å². The maximum atomic E-state index is 13.1. The molecule has 1 N–H and O–H groups in total. The van der Waals surface area contributed by atoms with Crippen LogP contribution in [0.4, 0.5) is 5.69 Å². The van der Waals surface area contributed by atoms with E-state index in [0.717, 1.165) is 12.0 Å². The Morgan fingerprint density at radius 1 is 1.12 bits per heavy atom. The van der Waals surface area contributed by atoms with E-state index in [0.29, 0.717) is 37.2 Å². The molecule has 1 fully saturated rings. The van der Waals surface area contributed by atoms with Crippen LogP contribution in [-0.4, -0.2) is 50.5 Å². The zero-order chi connectivity index (χ0) is 24.1. The predicted molar refractivity (Wildman–Crippen MR) is 127 cm³/mol. The van der Waals surface area contributed by atoms with Gasteiger partial charge in [0.1, 0.15) is 0 Å². The molecule has 0 bridgehead atoms.